The lowest BCUT2D eigenvalue weighted by atomic mass is 10.2. The largest absolute Gasteiger partial charge is 0.481 e. The summed E-state index contributed by atoms with van der Waals surface area (Å²) in [6, 6.07) is 11.9. The maximum atomic E-state index is 13.7. The minimum atomic E-state index is -0.728. The molecule has 1 amide bonds. The summed E-state index contributed by atoms with van der Waals surface area (Å²) in [5, 5.41) is 2.52. The standard InChI is InChI=1S/C16H15BrFNO2/c1-10-5-3-4-6-15(10)21-11(2)16(20)19-14-8-7-12(17)9-13(14)18/h3-9,11H,1-2H3,(H,19,20). The molecule has 0 aromatic heterocycles. The molecule has 0 saturated carbocycles. The van der Waals surface area contributed by atoms with Crippen molar-refractivity contribution >= 4 is 27.5 Å². The number of amides is 1. The van der Waals surface area contributed by atoms with Gasteiger partial charge in [0.1, 0.15) is 11.6 Å². The highest BCUT2D eigenvalue weighted by molar-refractivity contribution is 9.10. The summed E-state index contributed by atoms with van der Waals surface area (Å²) in [5.74, 6) is -0.267. The van der Waals surface area contributed by atoms with E-state index in [0.717, 1.165) is 5.56 Å². The Morgan fingerprint density at radius 3 is 2.67 bits per heavy atom. The zero-order valence-corrected chi connectivity index (χ0v) is 13.3. The van der Waals surface area contributed by atoms with E-state index in [-0.39, 0.29) is 5.69 Å². The molecule has 0 bridgehead atoms. The number of rotatable bonds is 4. The Morgan fingerprint density at radius 1 is 1.29 bits per heavy atom. The van der Waals surface area contributed by atoms with Gasteiger partial charge in [-0.2, -0.15) is 0 Å². The topological polar surface area (TPSA) is 38.3 Å². The second-order valence-corrected chi connectivity index (χ2v) is 5.55. The molecule has 2 aromatic rings. The molecule has 0 aliphatic heterocycles. The SMILES string of the molecule is Cc1ccccc1OC(C)C(=O)Nc1ccc(Br)cc1F. The normalized spacial score (nSPS) is 11.8. The van der Waals surface area contributed by atoms with E-state index in [0.29, 0.717) is 10.2 Å². The summed E-state index contributed by atoms with van der Waals surface area (Å²) >= 11 is 3.17. The number of halogens is 2. The Bertz CT molecular complexity index is 660. The van der Waals surface area contributed by atoms with Crippen molar-refractivity contribution in [1.82, 2.24) is 0 Å². The van der Waals surface area contributed by atoms with E-state index >= 15 is 0 Å². The van der Waals surface area contributed by atoms with Crippen LogP contribution in [0.3, 0.4) is 0 Å². The summed E-state index contributed by atoms with van der Waals surface area (Å²) in [6.45, 7) is 3.52. The molecule has 0 radical (unpaired) electrons. The Morgan fingerprint density at radius 2 is 2.00 bits per heavy atom. The van der Waals surface area contributed by atoms with E-state index < -0.39 is 17.8 Å². The zero-order valence-electron chi connectivity index (χ0n) is 11.7. The van der Waals surface area contributed by atoms with Crippen LogP contribution in [0.2, 0.25) is 0 Å². The number of nitrogens with one attached hydrogen (secondary N) is 1. The van der Waals surface area contributed by atoms with Gasteiger partial charge >= 0.3 is 0 Å². The van der Waals surface area contributed by atoms with Crippen LogP contribution >= 0.6 is 15.9 Å². The van der Waals surface area contributed by atoms with Crippen molar-refractivity contribution < 1.29 is 13.9 Å². The highest BCUT2D eigenvalue weighted by Crippen LogP contribution is 2.21. The van der Waals surface area contributed by atoms with E-state index in [1.165, 1.54) is 12.1 Å². The summed E-state index contributed by atoms with van der Waals surface area (Å²) in [7, 11) is 0. The smallest absolute Gasteiger partial charge is 0.265 e. The molecule has 0 spiro atoms. The zero-order chi connectivity index (χ0) is 15.4. The lowest BCUT2D eigenvalue weighted by Crippen LogP contribution is -2.30. The van der Waals surface area contributed by atoms with Crippen LogP contribution in [0.5, 0.6) is 5.75 Å². The molecular weight excluding hydrogens is 337 g/mol. The molecule has 0 heterocycles. The Kier molecular flexibility index (Phi) is 4.96. The molecule has 0 saturated heterocycles. The van der Waals surface area contributed by atoms with Gasteiger partial charge in [-0.1, -0.05) is 34.1 Å². The van der Waals surface area contributed by atoms with Gasteiger partial charge in [-0.3, -0.25) is 4.79 Å². The van der Waals surface area contributed by atoms with E-state index in [4.69, 9.17) is 4.74 Å². The average molecular weight is 352 g/mol. The van der Waals surface area contributed by atoms with Crippen LogP contribution in [-0.4, -0.2) is 12.0 Å². The minimum Gasteiger partial charge on any atom is -0.481 e. The van der Waals surface area contributed by atoms with Gasteiger partial charge < -0.3 is 10.1 Å². The van der Waals surface area contributed by atoms with Crippen LogP contribution in [0.25, 0.3) is 0 Å². The minimum absolute atomic E-state index is 0.128. The van der Waals surface area contributed by atoms with Crippen molar-refractivity contribution in [3.8, 4) is 5.75 Å². The molecule has 2 aromatic carbocycles. The Balaban J connectivity index is 2.04. The number of ether oxygens (including phenoxy) is 1. The van der Waals surface area contributed by atoms with Crippen LogP contribution in [0.15, 0.2) is 46.9 Å². The molecule has 5 heteroatoms. The fourth-order valence-corrected chi connectivity index (χ4v) is 2.09. The number of hydrogen-bond donors (Lipinski definition) is 1. The number of carbonyl (C=O) groups excluding carboxylic acids is 1. The highest BCUT2D eigenvalue weighted by Gasteiger charge is 2.17. The monoisotopic (exact) mass is 351 g/mol. The molecule has 110 valence electrons. The van der Waals surface area contributed by atoms with Gasteiger partial charge in [0.2, 0.25) is 0 Å². The predicted molar refractivity (Wildman–Crippen MR) is 84.0 cm³/mol. The van der Waals surface area contributed by atoms with Crippen LogP contribution in [-0.2, 0) is 4.79 Å². The predicted octanol–water partition coefficient (Wildman–Crippen LogP) is 4.30. The number of para-hydroxylation sites is 1. The van der Waals surface area contributed by atoms with E-state index in [2.05, 4.69) is 21.2 Å². The van der Waals surface area contributed by atoms with Crippen molar-refractivity contribution in [3.05, 3.63) is 58.3 Å². The molecular formula is C16H15BrFNO2. The van der Waals surface area contributed by atoms with Crippen molar-refractivity contribution in [2.75, 3.05) is 5.32 Å². The van der Waals surface area contributed by atoms with Crippen molar-refractivity contribution in [1.29, 1.82) is 0 Å². The second kappa shape index (κ2) is 6.72. The molecule has 1 N–H and O–H groups in total. The first-order chi connectivity index (χ1) is 9.97. The molecule has 0 fully saturated rings. The first-order valence-electron chi connectivity index (χ1n) is 6.45. The first-order valence-corrected chi connectivity index (χ1v) is 7.25. The third kappa shape index (κ3) is 4.04. The molecule has 1 unspecified atom stereocenters. The molecule has 3 nitrogen and oxygen atoms in total. The fraction of sp³-hybridized carbons (Fsp3) is 0.188. The highest BCUT2D eigenvalue weighted by atomic mass is 79.9. The van der Waals surface area contributed by atoms with Gasteiger partial charge in [0.15, 0.2) is 6.10 Å². The quantitative estimate of drug-likeness (QED) is 0.891. The van der Waals surface area contributed by atoms with Gasteiger partial charge in [0.05, 0.1) is 5.69 Å². The molecule has 21 heavy (non-hydrogen) atoms. The maximum absolute atomic E-state index is 13.7. The third-order valence-corrected chi connectivity index (χ3v) is 3.45. The lowest BCUT2D eigenvalue weighted by molar-refractivity contribution is -0.122. The Labute approximate surface area is 131 Å². The number of aryl methyl sites for hydroxylation is 1. The van der Waals surface area contributed by atoms with Gasteiger partial charge in [0.25, 0.3) is 5.91 Å². The second-order valence-electron chi connectivity index (χ2n) is 4.64. The summed E-state index contributed by atoms with van der Waals surface area (Å²) < 4.78 is 19.9. The van der Waals surface area contributed by atoms with Crippen molar-refractivity contribution in [3.63, 3.8) is 0 Å². The molecule has 0 aliphatic carbocycles. The number of benzene rings is 2. The maximum Gasteiger partial charge on any atom is 0.265 e. The average Bonchev–Trinajstić information content (AvgIpc) is 2.44. The van der Waals surface area contributed by atoms with Crippen LogP contribution in [0.4, 0.5) is 10.1 Å². The van der Waals surface area contributed by atoms with Crippen LogP contribution in [0.1, 0.15) is 12.5 Å². The molecule has 1 atom stereocenters. The van der Waals surface area contributed by atoms with Crippen molar-refractivity contribution in [2.24, 2.45) is 0 Å². The summed E-state index contributed by atoms with van der Waals surface area (Å²) in [5.41, 5.74) is 1.07. The third-order valence-electron chi connectivity index (χ3n) is 2.96. The van der Waals surface area contributed by atoms with Gasteiger partial charge in [-0.05, 0) is 43.7 Å². The first kappa shape index (κ1) is 15.5. The molecule has 0 aliphatic rings. The molecule has 2 rings (SSSR count). The number of anilines is 1. The number of carbonyl (C=O) groups is 1. The van der Waals surface area contributed by atoms with E-state index in [9.17, 15) is 9.18 Å². The van der Waals surface area contributed by atoms with E-state index in [1.807, 2.05) is 25.1 Å². The van der Waals surface area contributed by atoms with Crippen LogP contribution in [0, 0.1) is 12.7 Å². The van der Waals surface area contributed by atoms with E-state index in [1.54, 1.807) is 19.1 Å². The summed E-state index contributed by atoms with van der Waals surface area (Å²) in [4.78, 5) is 12.1. The van der Waals surface area contributed by atoms with Gasteiger partial charge in [0, 0.05) is 4.47 Å². The van der Waals surface area contributed by atoms with Crippen LogP contribution < -0.4 is 10.1 Å². The van der Waals surface area contributed by atoms with Gasteiger partial charge in [-0.25, -0.2) is 4.39 Å². The fourth-order valence-electron chi connectivity index (χ4n) is 1.76. The summed E-state index contributed by atoms with van der Waals surface area (Å²) in [6.07, 6.45) is -0.728. The lowest BCUT2D eigenvalue weighted by Gasteiger charge is -2.16. The Hall–Kier alpha value is -1.88. The van der Waals surface area contributed by atoms with Crippen molar-refractivity contribution in [2.45, 2.75) is 20.0 Å². The van der Waals surface area contributed by atoms with Gasteiger partial charge in [-0.15, -0.1) is 0 Å². The number of hydrogen-bond acceptors (Lipinski definition) is 2.